The number of nitrogens with one attached hydrogen (secondary N) is 1. The van der Waals surface area contributed by atoms with Gasteiger partial charge in [-0.25, -0.2) is 8.42 Å². The normalized spacial score (nSPS) is 21.2. The number of phenolic OH excluding ortho intramolecular Hbond substituents is 1. The Kier molecular flexibility index (Phi) is 4.56. The van der Waals surface area contributed by atoms with Crippen molar-refractivity contribution in [3.8, 4) is 5.75 Å². The van der Waals surface area contributed by atoms with Crippen LogP contribution in [0.3, 0.4) is 0 Å². The fourth-order valence-corrected chi connectivity index (χ4v) is 4.14. The number of carbonyl (C=O) groups is 1. The Balaban J connectivity index is 2.10. The van der Waals surface area contributed by atoms with Gasteiger partial charge in [-0.05, 0) is 36.5 Å². The molecule has 0 unspecified atom stereocenters. The first kappa shape index (κ1) is 15.8. The summed E-state index contributed by atoms with van der Waals surface area (Å²) >= 11 is 0. The molecule has 2 rings (SSSR count). The van der Waals surface area contributed by atoms with Crippen LogP contribution >= 0.6 is 0 Å². The van der Waals surface area contributed by atoms with Gasteiger partial charge in [0.1, 0.15) is 5.75 Å². The Hall–Kier alpha value is -1.56. The first-order valence-corrected chi connectivity index (χ1v) is 8.95. The minimum Gasteiger partial charge on any atom is -0.507 e. The third-order valence-electron chi connectivity index (χ3n) is 3.73. The van der Waals surface area contributed by atoms with Gasteiger partial charge in [0.2, 0.25) is 0 Å². The zero-order valence-corrected chi connectivity index (χ0v) is 13.1. The maximum Gasteiger partial charge on any atom is 0.255 e. The van der Waals surface area contributed by atoms with Crippen molar-refractivity contribution in [2.45, 2.75) is 38.6 Å². The monoisotopic (exact) mass is 311 g/mol. The summed E-state index contributed by atoms with van der Waals surface area (Å²) in [5, 5.41) is 12.7. The first-order chi connectivity index (χ1) is 9.78. The van der Waals surface area contributed by atoms with Crippen LogP contribution in [0.2, 0.25) is 0 Å². The number of phenols is 1. The van der Waals surface area contributed by atoms with Crippen molar-refractivity contribution >= 4 is 15.7 Å². The predicted octanol–water partition coefficient (Wildman–Crippen LogP) is 1.82. The van der Waals surface area contributed by atoms with Crippen molar-refractivity contribution in [3.63, 3.8) is 0 Å². The molecule has 1 aliphatic heterocycles. The maximum absolute atomic E-state index is 12.2. The van der Waals surface area contributed by atoms with Crippen LogP contribution in [0, 0.1) is 0 Å². The number of amides is 1. The maximum atomic E-state index is 12.2. The molecule has 0 spiro atoms. The van der Waals surface area contributed by atoms with E-state index < -0.39 is 15.7 Å². The highest BCUT2D eigenvalue weighted by molar-refractivity contribution is 7.91. The lowest BCUT2D eigenvalue weighted by molar-refractivity contribution is 0.0935. The van der Waals surface area contributed by atoms with Crippen molar-refractivity contribution < 1.29 is 18.3 Å². The summed E-state index contributed by atoms with van der Waals surface area (Å²) in [6.07, 6.45) is 1.21. The lowest BCUT2D eigenvalue weighted by Gasteiger charge is -2.23. The van der Waals surface area contributed by atoms with Crippen LogP contribution < -0.4 is 5.32 Å². The Morgan fingerprint density at radius 3 is 2.67 bits per heavy atom. The average molecular weight is 311 g/mol. The van der Waals surface area contributed by atoms with Crippen LogP contribution in [0.4, 0.5) is 0 Å². The molecule has 21 heavy (non-hydrogen) atoms. The molecular formula is C15H21NO4S. The first-order valence-electron chi connectivity index (χ1n) is 7.12. The second-order valence-electron chi connectivity index (χ2n) is 5.86. The summed E-state index contributed by atoms with van der Waals surface area (Å²) in [6, 6.07) is 4.59. The Morgan fingerprint density at radius 2 is 2.10 bits per heavy atom. The van der Waals surface area contributed by atoms with Crippen LogP contribution in [-0.2, 0) is 9.84 Å². The van der Waals surface area contributed by atoms with Crippen LogP contribution in [0.1, 0.15) is 48.5 Å². The average Bonchev–Trinajstić information content (AvgIpc) is 2.36. The van der Waals surface area contributed by atoms with E-state index in [1.165, 1.54) is 0 Å². The SMILES string of the molecule is CC(C)c1ccc(C(=O)N[C@@H]2CCCS(=O)(=O)C2)c(O)c1. The molecule has 1 fully saturated rings. The molecule has 116 valence electrons. The second-order valence-corrected chi connectivity index (χ2v) is 8.09. The largest absolute Gasteiger partial charge is 0.507 e. The molecule has 0 aliphatic carbocycles. The van der Waals surface area contributed by atoms with Gasteiger partial charge in [0.15, 0.2) is 9.84 Å². The van der Waals surface area contributed by atoms with Gasteiger partial charge in [0.25, 0.3) is 5.91 Å². The third-order valence-corrected chi connectivity index (χ3v) is 5.55. The van der Waals surface area contributed by atoms with E-state index in [1.807, 2.05) is 13.8 Å². The van der Waals surface area contributed by atoms with Crippen molar-refractivity contribution in [2.75, 3.05) is 11.5 Å². The Morgan fingerprint density at radius 1 is 1.38 bits per heavy atom. The summed E-state index contributed by atoms with van der Waals surface area (Å²) in [4.78, 5) is 12.2. The van der Waals surface area contributed by atoms with E-state index in [2.05, 4.69) is 5.32 Å². The molecule has 1 saturated heterocycles. The number of aromatic hydroxyl groups is 1. The summed E-state index contributed by atoms with van der Waals surface area (Å²) in [6.45, 7) is 4.00. The number of benzene rings is 1. The van der Waals surface area contributed by atoms with Gasteiger partial charge >= 0.3 is 0 Å². The van der Waals surface area contributed by atoms with Gasteiger partial charge in [0, 0.05) is 6.04 Å². The zero-order valence-electron chi connectivity index (χ0n) is 12.3. The molecule has 1 amide bonds. The Bertz CT molecular complexity index is 637. The van der Waals surface area contributed by atoms with Crippen molar-refractivity contribution in [2.24, 2.45) is 0 Å². The molecule has 1 atom stereocenters. The molecule has 1 aliphatic rings. The molecular weight excluding hydrogens is 290 g/mol. The van der Waals surface area contributed by atoms with E-state index in [0.717, 1.165) is 5.56 Å². The molecule has 1 heterocycles. The van der Waals surface area contributed by atoms with E-state index in [0.29, 0.717) is 12.8 Å². The van der Waals surface area contributed by atoms with E-state index in [4.69, 9.17) is 0 Å². The smallest absolute Gasteiger partial charge is 0.255 e. The van der Waals surface area contributed by atoms with E-state index in [1.54, 1.807) is 18.2 Å². The lowest BCUT2D eigenvalue weighted by atomic mass is 10.0. The quantitative estimate of drug-likeness (QED) is 0.892. The van der Waals surface area contributed by atoms with Crippen LogP contribution in [0.25, 0.3) is 0 Å². The topological polar surface area (TPSA) is 83.5 Å². The molecule has 0 aromatic heterocycles. The third kappa shape index (κ3) is 3.97. The van der Waals surface area contributed by atoms with Crippen molar-refractivity contribution in [3.05, 3.63) is 29.3 Å². The molecule has 0 saturated carbocycles. The van der Waals surface area contributed by atoms with Crippen molar-refractivity contribution in [1.29, 1.82) is 0 Å². The standard InChI is InChI=1S/C15H21NO4S/c1-10(2)11-5-6-13(14(17)8-11)15(18)16-12-4-3-7-21(19,20)9-12/h5-6,8,10,12,17H,3-4,7,9H2,1-2H3,(H,16,18)/t12-/m1/s1. The van der Waals surface area contributed by atoms with Crippen molar-refractivity contribution in [1.82, 2.24) is 5.32 Å². The molecule has 0 bridgehead atoms. The van der Waals surface area contributed by atoms with E-state index >= 15 is 0 Å². The fraction of sp³-hybridized carbons (Fsp3) is 0.533. The predicted molar refractivity (Wildman–Crippen MR) is 81.3 cm³/mol. The summed E-state index contributed by atoms with van der Waals surface area (Å²) in [5.74, 6) is -0.0733. The number of hydrogen-bond acceptors (Lipinski definition) is 4. The highest BCUT2D eigenvalue weighted by Gasteiger charge is 2.26. The van der Waals surface area contributed by atoms with Gasteiger partial charge in [-0.2, -0.15) is 0 Å². The lowest BCUT2D eigenvalue weighted by Crippen LogP contribution is -2.43. The number of carbonyl (C=O) groups excluding carboxylic acids is 1. The highest BCUT2D eigenvalue weighted by Crippen LogP contribution is 2.24. The fourth-order valence-electron chi connectivity index (χ4n) is 2.50. The summed E-state index contributed by atoms with van der Waals surface area (Å²) in [7, 11) is -3.07. The number of hydrogen-bond donors (Lipinski definition) is 2. The Labute approximate surface area is 125 Å². The van der Waals surface area contributed by atoms with Gasteiger partial charge in [-0.1, -0.05) is 19.9 Å². The molecule has 5 nitrogen and oxygen atoms in total. The summed E-state index contributed by atoms with van der Waals surface area (Å²) in [5.41, 5.74) is 1.13. The zero-order chi connectivity index (χ0) is 15.6. The van der Waals surface area contributed by atoms with Gasteiger partial charge in [0.05, 0.1) is 17.1 Å². The second kappa shape index (κ2) is 6.05. The molecule has 6 heteroatoms. The summed E-state index contributed by atoms with van der Waals surface area (Å²) < 4.78 is 23.1. The molecule has 1 aromatic carbocycles. The van der Waals surface area contributed by atoms with Crippen LogP contribution in [0.5, 0.6) is 5.75 Å². The minimum atomic E-state index is -3.07. The van der Waals surface area contributed by atoms with Gasteiger partial charge in [-0.15, -0.1) is 0 Å². The van der Waals surface area contributed by atoms with Gasteiger partial charge < -0.3 is 10.4 Å². The van der Waals surface area contributed by atoms with Crippen LogP contribution in [0.15, 0.2) is 18.2 Å². The number of rotatable bonds is 3. The van der Waals surface area contributed by atoms with Gasteiger partial charge in [-0.3, -0.25) is 4.79 Å². The number of sulfone groups is 1. The molecule has 0 radical (unpaired) electrons. The highest BCUT2D eigenvalue weighted by atomic mass is 32.2. The minimum absolute atomic E-state index is 0.0242. The van der Waals surface area contributed by atoms with E-state index in [-0.39, 0.29) is 34.8 Å². The molecule has 2 N–H and O–H groups in total. The van der Waals surface area contributed by atoms with E-state index in [9.17, 15) is 18.3 Å². The molecule has 1 aromatic rings. The van der Waals surface area contributed by atoms with Crippen LogP contribution in [-0.4, -0.2) is 37.0 Å².